The van der Waals surface area contributed by atoms with Crippen LogP contribution in [-0.4, -0.2) is 16.5 Å². The summed E-state index contributed by atoms with van der Waals surface area (Å²) in [6.45, 7) is 9.73. The van der Waals surface area contributed by atoms with Gasteiger partial charge in [-0.25, -0.2) is 0 Å². The van der Waals surface area contributed by atoms with Gasteiger partial charge in [0.15, 0.2) is 11.2 Å². The average Bonchev–Trinajstić information content (AvgIpc) is 2.84. The van der Waals surface area contributed by atoms with Gasteiger partial charge in [-0.2, -0.15) is 0 Å². The summed E-state index contributed by atoms with van der Waals surface area (Å²) in [5.41, 5.74) is 2.21. The van der Waals surface area contributed by atoms with E-state index in [1.54, 1.807) is 18.2 Å². The molecule has 0 amide bonds. The number of phenols is 1. The third-order valence-electron chi connectivity index (χ3n) is 5.62. The molecule has 2 heterocycles. The summed E-state index contributed by atoms with van der Waals surface area (Å²) in [6, 6.07) is 4.49. The van der Waals surface area contributed by atoms with Crippen LogP contribution in [-0.2, 0) is 4.79 Å². The van der Waals surface area contributed by atoms with Gasteiger partial charge in [-0.05, 0) is 71.2 Å². The van der Waals surface area contributed by atoms with Gasteiger partial charge in [-0.1, -0.05) is 18.1 Å². The predicted octanol–water partition coefficient (Wildman–Crippen LogP) is 5.41. The monoisotopic (exact) mass is 396 g/mol. The Morgan fingerprint density at radius 1 is 1.24 bits per heavy atom. The molecule has 0 radical (unpaired) electrons. The van der Waals surface area contributed by atoms with Crippen molar-refractivity contribution in [1.82, 2.24) is 0 Å². The molecule has 5 heteroatoms. The Bertz CT molecular complexity index is 1070. The Hall–Kier alpha value is -2.82. The quantitative estimate of drug-likeness (QED) is 0.661. The highest BCUT2D eigenvalue weighted by Crippen LogP contribution is 2.46. The van der Waals surface area contributed by atoms with E-state index in [4.69, 9.17) is 9.15 Å². The molecule has 3 rings (SSSR count). The van der Waals surface area contributed by atoms with Crippen molar-refractivity contribution in [3.8, 4) is 11.7 Å². The fourth-order valence-electron chi connectivity index (χ4n) is 3.86. The molecule has 1 aliphatic rings. The third-order valence-corrected chi connectivity index (χ3v) is 5.62. The number of rotatable bonds is 6. The third kappa shape index (κ3) is 4.29. The fourth-order valence-corrected chi connectivity index (χ4v) is 3.86. The summed E-state index contributed by atoms with van der Waals surface area (Å²) in [7, 11) is 0. The minimum atomic E-state index is -0.561. The second-order valence-electron chi connectivity index (χ2n) is 8.42. The summed E-state index contributed by atoms with van der Waals surface area (Å²) in [6.07, 6.45) is 5.63. The lowest BCUT2D eigenvalue weighted by molar-refractivity contribution is -0.110. The molecule has 0 saturated carbocycles. The van der Waals surface area contributed by atoms with Gasteiger partial charge in [0.25, 0.3) is 5.95 Å². The van der Waals surface area contributed by atoms with Crippen molar-refractivity contribution in [1.29, 1.82) is 0 Å². The number of allylic oxidation sites excluding steroid dienone is 4. The minimum Gasteiger partial charge on any atom is -0.508 e. The normalized spacial score (nSPS) is 21.0. The van der Waals surface area contributed by atoms with Crippen LogP contribution < -0.4 is 10.2 Å². The Morgan fingerprint density at radius 2 is 1.97 bits per heavy atom. The van der Waals surface area contributed by atoms with Crippen molar-refractivity contribution in [3.63, 3.8) is 0 Å². The molecule has 1 aliphatic heterocycles. The van der Waals surface area contributed by atoms with Gasteiger partial charge in [-0.15, -0.1) is 0 Å². The number of aromatic hydroxyl groups is 1. The van der Waals surface area contributed by atoms with Gasteiger partial charge in [0.05, 0.1) is 10.9 Å². The largest absolute Gasteiger partial charge is 0.508 e. The van der Waals surface area contributed by atoms with Crippen molar-refractivity contribution >= 4 is 16.8 Å². The number of fused-ring (bicyclic) bond motifs is 2. The standard InChI is InChI=1S/C24H28O5/c1-14(2)11-18(26)12-15(3)7-6-10-24(5)16(4)21-22(27)19-9-8-17(25)13-20(19)28-23(21)29-24/h8-9,11-13,16,25H,6-7,10H2,1-5H3. The number of carbonyl (C=O) groups is 1. The summed E-state index contributed by atoms with van der Waals surface area (Å²) >= 11 is 0. The van der Waals surface area contributed by atoms with Gasteiger partial charge in [0.2, 0.25) is 0 Å². The number of phenolic OH excluding ortho intramolecular Hbond substituents is 1. The molecule has 29 heavy (non-hydrogen) atoms. The van der Waals surface area contributed by atoms with Crippen LogP contribution in [0.3, 0.4) is 0 Å². The number of ketones is 1. The zero-order valence-corrected chi connectivity index (χ0v) is 17.7. The first-order valence-electron chi connectivity index (χ1n) is 9.95. The summed E-state index contributed by atoms with van der Waals surface area (Å²) < 4.78 is 11.9. The molecule has 0 fully saturated rings. The van der Waals surface area contributed by atoms with Gasteiger partial charge in [-0.3, -0.25) is 9.59 Å². The Morgan fingerprint density at radius 3 is 2.66 bits per heavy atom. The molecule has 2 aromatic rings. The first-order chi connectivity index (χ1) is 13.6. The second kappa shape index (κ2) is 7.90. The van der Waals surface area contributed by atoms with Gasteiger partial charge >= 0.3 is 0 Å². The fraction of sp³-hybridized carbons (Fsp3) is 0.417. The Labute approximate surface area is 170 Å². The highest BCUT2D eigenvalue weighted by atomic mass is 16.6. The molecule has 1 aromatic heterocycles. The number of benzene rings is 1. The topological polar surface area (TPSA) is 76.7 Å². The SMILES string of the molecule is CC(C)=CC(=O)C=C(C)CCCC1(C)Oc2oc3cc(O)ccc3c(=O)c2C1C. The van der Waals surface area contributed by atoms with E-state index in [0.29, 0.717) is 16.5 Å². The van der Waals surface area contributed by atoms with Crippen LogP contribution in [0.15, 0.2) is 50.7 Å². The maximum absolute atomic E-state index is 12.9. The lowest BCUT2D eigenvalue weighted by atomic mass is 9.83. The molecular formula is C24H28O5. The van der Waals surface area contributed by atoms with Crippen LogP contribution in [0.1, 0.15) is 65.4 Å². The molecule has 154 valence electrons. The molecule has 2 atom stereocenters. The zero-order valence-electron chi connectivity index (χ0n) is 17.7. The lowest BCUT2D eigenvalue weighted by Crippen LogP contribution is -2.33. The molecule has 2 unspecified atom stereocenters. The van der Waals surface area contributed by atoms with Crippen molar-refractivity contribution in [3.05, 3.63) is 57.3 Å². The zero-order chi connectivity index (χ0) is 21.3. The molecule has 0 spiro atoms. The number of ether oxygens (including phenoxy) is 1. The first-order valence-corrected chi connectivity index (χ1v) is 9.95. The van der Waals surface area contributed by atoms with E-state index in [9.17, 15) is 14.7 Å². The molecule has 0 bridgehead atoms. The van der Waals surface area contributed by atoms with Crippen LogP contribution in [0.25, 0.3) is 11.0 Å². The van der Waals surface area contributed by atoms with E-state index in [0.717, 1.165) is 30.4 Å². The van der Waals surface area contributed by atoms with Crippen LogP contribution >= 0.6 is 0 Å². The molecule has 0 aliphatic carbocycles. The average molecular weight is 396 g/mol. The summed E-state index contributed by atoms with van der Waals surface area (Å²) in [5, 5.41) is 10.1. The lowest BCUT2D eigenvalue weighted by Gasteiger charge is -2.28. The van der Waals surface area contributed by atoms with E-state index in [1.165, 1.54) is 12.1 Å². The van der Waals surface area contributed by atoms with E-state index < -0.39 is 5.60 Å². The van der Waals surface area contributed by atoms with Gasteiger partial charge in [0.1, 0.15) is 16.9 Å². The van der Waals surface area contributed by atoms with E-state index in [-0.39, 0.29) is 28.8 Å². The molecule has 0 saturated heterocycles. The van der Waals surface area contributed by atoms with Crippen molar-refractivity contribution in [2.45, 2.75) is 65.4 Å². The van der Waals surface area contributed by atoms with Crippen LogP contribution in [0.4, 0.5) is 0 Å². The van der Waals surface area contributed by atoms with Crippen LogP contribution in [0, 0.1) is 0 Å². The predicted molar refractivity (Wildman–Crippen MR) is 114 cm³/mol. The van der Waals surface area contributed by atoms with Gasteiger partial charge < -0.3 is 14.3 Å². The number of hydrogen-bond donors (Lipinski definition) is 1. The molecule has 1 aromatic carbocycles. The number of carbonyl (C=O) groups excluding carboxylic acids is 1. The molecule has 5 nitrogen and oxygen atoms in total. The smallest absolute Gasteiger partial charge is 0.293 e. The Kier molecular flexibility index (Phi) is 5.69. The van der Waals surface area contributed by atoms with E-state index in [2.05, 4.69) is 0 Å². The highest BCUT2D eigenvalue weighted by Gasteiger charge is 2.45. The van der Waals surface area contributed by atoms with Crippen molar-refractivity contribution in [2.24, 2.45) is 0 Å². The summed E-state index contributed by atoms with van der Waals surface area (Å²) in [4.78, 5) is 24.8. The van der Waals surface area contributed by atoms with Crippen LogP contribution in [0.5, 0.6) is 11.7 Å². The van der Waals surface area contributed by atoms with Crippen molar-refractivity contribution in [2.75, 3.05) is 0 Å². The Balaban J connectivity index is 1.76. The first kappa shape index (κ1) is 20.9. The summed E-state index contributed by atoms with van der Waals surface area (Å²) in [5.74, 6) is 0.174. The van der Waals surface area contributed by atoms with Crippen molar-refractivity contribution < 1.29 is 19.1 Å². The van der Waals surface area contributed by atoms with E-state index >= 15 is 0 Å². The maximum atomic E-state index is 12.9. The molecular weight excluding hydrogens is 368 g/mol. The van der Waals surface area contributed by atoms with Crippen LogP contribution in [0.2, 0.25) is 0 Å². The maximum Gasteiger partial charge on any atom is 0.293 e. The minimum absolute atomic E-state index is 0.0105. The second-order valence-corrected chi connectivity index (χ2v) is 8.42. The number of hydrogen-bond acceptors (Lipinski definition) is 5. The van der Waals surface area contributed by atoms with E-state index in [1.807, 2.05) is 34.6 Å². The van der Waals surface area contributed by atoms with Gasteiger partial charge in [0, 0.05) is 12.0 Å². The molecule has 1 N–H and O–H groups in total. The highest BCUT2D eigenvalue weighted by molar-refractivity contribution is 6.00.